The predicted molar refractivity (Wildman–Crippen MR) is 320 cm³/mol. The van der Waals surface area contributed by atoms with Crippen LogP contribution < -0.4 is 9.30 Å². The molecule has 0 N–H and O–H groups in total. The number of rotatable bonds is 6. The Morgan fingerprint density at radius 3 is 1.77 bits per heavy atom. The van der Waals surface area contributed by atoms with Crippen LogP contribution in [0.5, 0.6) is 11.5 Å². The lowest BCUT2D eigenvalue weighted by Gasteiger charge is -2.26. The minimum Gasteiger partial charge on any atom is -0.457 e. The molecule has 77 heavy (non-hydrogen) atoms. The highest BCUT2D eigenvalue weighted by Gasteiger charge is 2.32. The summed E-state index contributed by atoms with van der Waals surface area (Å²) in [5.74, 6) is 2.38. The number of fused-ring (bicyclic) bond motifs is 10. The summed E-state index contributed by atoms with van der Waals surface area (Å²) < 4.78 is 14.0. The molecule has 5 heteroatoms. The van der Waals surface area contributed by atoms with E-state index < -0.39 is 0 Å². The molecule has 376 valence electrons. The van der Waals surface area contributed by atoms with Gasteiger partial charge in [-0.1, -0.05) is 196 Å². The summed E-state index contributed by atoms with van der Waals surface area (Å²) in [6.07, 6.45) is 4.24. The fraction of sp³-hybridized carbons (Fsp3) is 0.167. The maximum atomic E-state index is 6.94. The molecule has 5 nitrogen and oxygen atoms in total. The summed E-state index contributed by atoms with van der Waals surface area (Å²) in [5, 5.41) is 2.33. The summed E-state index contributed by atoms with van der Waals surface area (Å²) in [5.41, 5.74) is 22.0. The average Bonchev–Trinajstić information content (AvgIpc) is 4.23. The number of hydrogen-bond donors (Lipinski definition) is 0. The van der Waals surface area contributed by atoms with Crippen molar-refractivity contribution < 1.29 is 9.30 Å². The van der Waals surface area contributed by atoms with Crippen LogP contribution in [0.1, 0.15) is 79.0 Å². The van der Waals surface area contributed by atoms with Crippen LogP contribution in [0.2, 0.25) is 0 Å². The van der Waals surface area contributed by atoms with Gasteiger partial charge in [-0.15, -0.1) is 0 Å². The van der Waals surface area contributed by atoms with Gasteiger partial charge in [-0.05, 0) is 133 Å². The summed E-state index contributed by atoms with van der Waals surface area (Å²) in [7, 11) is 0. The monoisotopic (exact) mass is 999 g/mol. The molecule has 1 aliphatic heterocycles. The third-order valence-corrected chi connectivity index (χ3v) is 15.7. The predicted octanol–water partition coefficient (Wildman–Crippen LogP) is 18.7. The number of para-hydroxylation sites is 3. The second-order valence-electron chi connectivity index (χ2n) is 24.0. The van der Waals surface area contributed by atoms with Crippen molar-refractivity contribution in [2.75, 3.05) is 0 Å². The fourth-order valence-corrected chi connectivity index (χ4v) is 11.6. The number of benzene rings is 9. The zero-order valence-electron chi connectivity index (χ0n) is 45.5. The number of nitrogens with zero attached hydrogens (tertiary/aromatic N) is 4. The molecule has 13 rings (SSSR count). The molecule has 0 aliphatic carbocycles. The Labute approximate surface area is 452 Å². The number of hydrogen-bond acceptors (Lipinski definition) is 2. The third kappa shape index (κ3) is 8.33. The molecule has 12 aromatic rings. The van der Waals surface area contributed by atoms with Crippen LogP contribution in [0.25, 0.3) is 106 Å². The minimum absolute atomic E-state index is 0.0283. The second kappa shape index (κ2) is 17.9. The van der Waals surface area contributed by atoms with E-state index in [0.29, 0.717) is 0 Å². The fourth-order valence-electron chi connectivity index (χ4n) is 11.6. The van der Waals surface area contributed by atoms with Gasteiger partial charge in [0, 0.05) is 45.8 Å². The van der Waals surface area contributed by atoms with E-state index in [-0.39, 0.29) is 16.2 Å². The molecule has 0 radical (unpaired) electrons. The van der Waals surface area contributed by atoms with Crippen LogP contribution in [0, 0.1) is 0 Å². The molecule has 0 saturated heterocycles. The van der Waals surface area contributed by atoms with Gasteiger partial charge in [-0.3, -0.25) is 4.57 Å². The largest absolute Gasteiger partial charge is 0.457 e. The zero-order valence-corrected chi connectivity index (χ0v) is 45.5. The number of pyridine rings is 1. The lowest BCUT2D eigenvalue weighted by Crippen LogP contribution is -2.31. The van der Waals surface area contributed by atoms with E-state index in [1.165, 1.54) is 72.1 Å². The van der Waals surface area contributed by atoms with Gasteiger partial charge in [0.2, 0.25) is 0 Å². The average molecular weight is 1000 g/mol. The Morgan fingerprint density at radius 2 is 1.00 bits per heavy atom. The number of imidazole rings is 1. The zero-order chi connectivity index (χ0) is 53.0. The standard InChI is InChI=1S/C72H63N4O/c1-70(2,3)49-36-37-73-67(42-49)76-64-30-16-15-26-59(64)60-35-33-54(44-66(60)76)77-53-23-17-22-52(43-53)74-45-75-68-55(48-38-50(71(4,5)6)41-51(39-48)72(7,8)9)27-18-28-61(68)56-24-13-14-25-57(56)63-40-47(46-20-11-10-12-21-46)32-34-58(63)62-29-19-31-65(74)69(62)75/h10-45H,1-9H3/q+1. The van der Waals surface area contributed by atoms with Crippen LogP contribution in [-0.2, 0) is 16.2 Å². The Morgan fingerprint density at radius 1 is 0.390 bits per heavy atom. The van der Waals surface area contributed by atoms with Gasteiger partial charge in [-0.2, -0.15) is 9.13 Å². The van der Waals surface area contributed by atoms with E-state index in [4.69, 9.17) is 9.72 Å². The van der Waals surface area contributed by atoms with Crippen LogP contribution in [-0.4, -0.2) is 14.1 Å². The first-order chi connectivity index (χ1) is 37.1. The van der Waals surface area contributed by atoms with E-state index in [9.17, 15) is 0 Å². The molecule has 3 aromatic heterocycles. The van der Waals surface area contributed by atoms with E-state index in [1.807, 2.05) is 6.20 Å². The van der Waals surface area contributed by atoms with Gasteiger partial charge in [0.25, 0.3) is 6.33 Å². The highest BCUT2D eigenvalue weighted by Crippen LogP contribution is 2.47. The molecule has 0 saturated carbocycles. The minimum atomic E-state index is -0.0652. The van der Waals surface area contributed by atoms with Gasteiger partial charge >= 0.3 is 0 Å². The van der Waals surface area contributed by atoms with Gasteiger partial charge in [-0.25, -0.2) is 4.98 Å². The Kier molecular flexibility index (Phi) is 11.1. The molecule has 0 spiro atoms. The van der Waals surface area contributed by atoms with Crippen molar-refractivity contribution in [2.24, 2.45) is 0 Å². The van der Waals surface area contributed by atoms with Crippen LogP contribution in [0.15, 0.2) is 219 Å². The van der Waals surface area contributed by atoms with Gasteiger partial charge in [0.05, 0.1) is 11.0 Å². The van der Waals surface area contributed by atoms with Crippen LogP contribution >= 0.6 is 0 Å². The molecule has 4 heterocycles. The molecule has 0 atom stereocenters. The normalized spacial score (nSPS) is 12.5. The van der Waals surface area contributed by atoms with Crippen molar-refractivity contribution in [3.05, 3.63) is 235 Å². The Balaban J connectivity index is 1.03. The van der Waals surface area contributed by atoms with E-state index in [1.54, 1.807) is 0 Å². The molecule has 0 bridgehead atoms. The van der Waals surface area contributed by atoms with Crippen molar-refractivity contribution in [2.45, 2.75) is 78.6 Å². The second-order valence-corrected chi connectivity index (χ2v) is 24.0. The summed E-state index contributed by atoms with van der Waals surface area (Å²) >= 11 is 0. The van der Waals surface area contributed by atoms with Gasteiger partial charge in [0.1, 0.15) is 28.7 Å². The van der Waals surface area contributed by atoms with E-state index in [2.05, 4.69) is 289 Å². The third-order valence-electron chi connectivity index (χ3n) is 15.7. The maximum Gasteiger partial charge on any atom is 0.255 e. The maximum absolute atomic E-state index is 6.94. The first kappa shape index (κ1) is 47.9. The van der Waals surface area contributed by atoms with Crippen molar-refractivity contribution in [3.8, 4) is 84.3 Å². The molecular weight excluding hydrogens is 937 g/mol. The highest BCUT2D eigenvalue weighted by molar-refractivity contribution is 6.09. The SMILES string of the molecule is CC(C)(C)c1cc(-c2cccc3c2-[n+]2cn(-c4cccc(Oc5ccc6c7ccccc7n(-c7cc(C(C)(C)C)ccn7)c6c5)c4)c4cccc(c42)-c2ccc(-c4ccccc4)cc2-c2ccccc2-3)cc(C(C)(C)C)c1. The summed E-state index contributed by atoms with van der Waals surface area (Å²) in [4.78, 5) is 4.94. The van der Waals surface area contributed by atoms with Gasteiger partial charge in [0.15, 0.2) is 11.0 Å². The molecule has 0 fully saturated rings. The summed E-state index contributed by atoms with van der Waals surface area (Å²) in [6.45, 7) is 20.7. The number of aromatic nitrogens is 4. The Bertz CT molecular complexity index is 4270. The molecular formula is C72H63N4O+. The van der Waals surface area contributed by atoms with Crippen molar-refractivity contribution in [1.29, 1.82) is 0 Å². The lowest BCUT2D eigenvalue weighted by atomic mass is 9.78. The topological polar surface area (TPSA) is 35.9 Å². The highest BCUT2D eigenvalue weighted by atomic mass is 16.5. The molecule has 1 aliphatic rings. The summed E-state index contributed by atoms with van der Waals surface area (Å²) in [6, 6.07) is 75.6. The molecule has 9 aromatic carbocycles. The molecule has 0 amide bonds. The molecule has 0 unspecified atom stereocenters. The van der Waals surface area contributed by atoms with Crippen LogP contribution in [0.4, 0.5) is 0 Å². The van der Waals surface area contributed by atoms with Crippen LogP contribution in [0.3, 0.4) is 0 Å². The first-order valence-electron chi connectivity index (χ1n) is 27.0. The van der Waals surface area contributed by atoms with Gasteiger partial charge < -0.3 is 4.74 Å². The van der Waals surface area contributed by atoms with Crippen molar-refractivity contribution in [1.82, 2.24) is 14.1 Å². The van der Waals surface area contributed by atoms with E-state index >= 15 is 0 Å². The lowest BCUT2D eigenvalue weighted by molar-refractivity contribution is -0.566. The quantitative estimate of drug-likeness (QED) is 0.156. The van der Waals surface area contributed by atoms with Crippen molar-refractivity contribution >= 4 is 32.8 Å². The first-order valence-corrected chi connectivity index (χ1v) is 27.0. The number of ether oxygens (including phenoxy) is 1. The smallest absolute Gasteiger partial charge is 0.255 e. The van der Waals surface area contributed by atoms with Crippen molar-refractivity contribution in [3.63, 3.8) is 0 Å². The van der Waals surface area contributed by atoms with E-state index in [0.717, 1.165) is 61.7 Å². The Hall–Kier alpha value is -8.80.